The zero-order chi connectivity index (χ0) is 13.7. The monoisotopic (exact) mass is 278 g/mol. The molecule has 19 heavy (non-hydrogen) atoms. The van der Waals surface area contributed by atoms with Crippen molar-refractivity contribution in [3.8, 4) is 5.75 Å². The van der Waals surface area contributed by atoms with Gasteiger partial charge in [-0.1, -0.05) is 25.2 Å². The van der Waals surface area contributed by atoms with Crippen molar-refractivity contribution in [3.63, 3.8) is 0 Å². The van der Waals surface area contributed by atoms with Gasteiger partial charge in [0, 0.05) is 6.54 Å². The lowest BCUT2D eigenvalue weighted by molar-refractivity contribution is 0.341. The molecule has 0 amide bonds. The Balaban J connectivity index is 1.96. The van der Waals surface area contributed by atoms with E-state index in [1.807, 2.05) is 19.1 Å². The van der Waals surface area contributed by atoms with E-state index in [1.165, 1.54) is 17.5 Å². The molecule has 1 aromatic carbocycles. The van der Waals surface area contributed by atoms with Gasteiger partial charge >= 0.3 is 0 Å². The van der Waals surface area contributed by atoms with Crippen LogP contribution in [0, 0.1) is 5.92 Å². The van der Waals surface area contributed by atoms with E-state index in [9.17, 15) is 0 Å². The molecular formula is C15H22N2OS. The van der Waals surface area contributed by atoms with E-state index >= 15 is 0 Å². The van der Waals surface area contributed by atoms with Crippen LogP contribution in [0.4, 0.5) is 5.13 Å². The number of nitrogens with one attached hydrogen (secondary N) is 1. The lowest BCUT2D eigenvalue weighted by Crippen LogP contribution is -2.02. The van der Waals surface area contributed by atoms with Crippen LogP contribution < -0.4 is 10.1 Å². The van der Waals surface area contributed by atoms with Crippen molar-refractivity contribution in [2.45, 2.75) is 33.6 Å². The van der Waals surface area contributed by atoms with Crippen LogP contribution in [0.15, 0.2) is 18.2 Å². The number of rotatable bonds is 7. The van der Waals surface area contributed by atoms with Crippen LogP contribution in [0.3, 0.4) is 0 Å². The molecule has 0 saturated carbocycles. The Bertz CT molecular complexity index is 522. The average Bonchev–Trinajstić information content (AvgIpc) is 2.77. The lowest BCUT2D eigenvalue weighted by atomic mass is 10.1. The van der Waals surface area contributed by atoms with Gasteiger partial charge in [-0.2, -0.15) is 0 Å². The van der Waals surface area contributed by atoms with E-state index in [-0.39, 0.29) is 0 Å². The quantitative estimate of drug-likeness (QED) is 0.755. The Hall–Kier alpha value is -1.29. The van der Waals surface area contributed by atoms with Crippen LogP contribution in [-0.4, -0.2) is 18.1 Å². The zero-order valence-electron chi connectivity index (χ0n) is 11.9. The van der Waals surface area contributed by atoms with Crippen molar-refractivity contribution < 1.29 is 4.74 Å². The minimum absolute atomic E-state index is 0.699. The molecule has 104 valence electrons. The third kappa shape index (κ3) is 4.10. The molecule has 0 aliphatic rings. The van der Waals surface area contributed by atoms with Crippen LogP contribution in [-0.2, 0) is 0 Å². The van der Waals surface area contributed by atoms with Crippen molar-refractivity contribution in [2.75, 3.05) is 18.5 Å². The number of fused-ring (bicyclic) bond motifs is 1. The third-order valence-electron chi connectivity index (χ3n) is 2.91. The molecule has 1 heterocycles. The number of benzene rings is 1. The van der Waals surface area contributed by atoms with Gasteiger partial charge in [0.15, 0.2) is 5.13 Å². The molecule has 0 unspecified atom stereocenters. The van der Waals surface area contributed by atoms with Gasteiger partial charge < -0.3 is 10.1 Å². The van der Waals surface area contributed by atoms with Crippen LogP contribution in [0.1, 0.15) is 33.6 Å². The van der Waals surface area contributed by atoms with Gasteiger partial charge in [-0.05, 0) is 43.9 Å². The summed E-state index contributed by atoms with van der Waals surface area (Å²) in [6, 6.07) is 6.07. The van der Waals surface area contributed by atoms with Crippen LogP contribution in [0.2, 0.25) is 0 Å². The normalized spacial score (nSPS) is 11.2. The van der Waals surface area contributed by atoms with Gasteiger partial charge in [0.05, 0.1) is 16.8 Å². The van der Waals surface area contributed by atoms with E-state index < -0.39 is 0 Å². The van der Waals surface area contributed by atoms with Gasteiger partial charge in [-0.25, -0.2) is 4.98 Å². The predicted octanol–water partition coefficient (Wildman–Crippen LogP) is 4.54. The molecule has 3 nitrogen and oxygen atoms in total. The maximum atomic E-state index is 5.51. The van der Waals surface area contributed by atoms with Gasteiger partial charge in [-0.3, -0.25) is 0 Å². The first-order valence-electron chi connectivity index (χ1n) is 6.96. The van der Waals surface area contributed by atoms with Crippen molar-refractivity contribution in [3.05, 3.63) is 18.2 Å². The molecule has 2 rings (SSSR count). The van der Waals surface area contributed by atoms with Gasteiger partial charge in [0.25, 0.3) is 0 Å². The molecule has 1 N–H and O–H groups in total. The number of aromatic nitrogens is 1. The summed E-state index contributed by atoms with van der Waals surface area (Å²) in [7, 11) is 0. The summed E-state index contributed by atoms with van der Waals surface area (Å²) in [6.45, 7) is 8.21. The summed E-state index contributed by atoms with van der Waals surface area (Å²) in [5.74, 6) is 1.69. The number of hydrogen-bond acceptors (Lipinski definition) is 4. The maximum Gasteiger partial charge on any atom is 0.183 e. The topological polar surface area (TPSA) is 34.1 Å². The molecule has 0 bridgehead atoms. The average molecular weight is 278 g/mol. The first-order valence-corrected chi connectivity index (χ1v) is 7.78. The van der Waals surface area contributed by atoms with Crippen LogP contribution in [0.5, 0.6) is 5.75 Å². The summed E-state index contributed by atoms with van der Waals surface area (Å²) in [5.41, 5.74) is 1.04. The fraction of sp³-hybridized carbons (Fsp3) is 0.533. The largest absolute Gasteiger partial charge is 0.494 e. The summed E-state index contributed by atoms with van der Waals surface area (Å²) in [5, 5.41) is 4.41. The first kappa shape index (κ1) is 14.1. The fourth-order valence-corrected chi connectivity index (χ4v) is 2.86. The number of anilines is 1. The zero-order valence-corrected chi connectivity index (χ0v) is 12.7. The summed E-state index contributed by atoms with van der Waals surface area (Å²) in [6.07, 6.45) is 2.45. The highest BCUT2D eigenvalue weighted by Crippen LogP contribution is 2.29. The van der Waals surface area contributed by atoms with Gasteiger partial charge in [0.2, 0.25) is 0 Å². The highest BCUT2D eigenvalue weighted by molar-refractivity contribution is 7.22. The Morgan fingerprint density at radius 1 is 1.37 bits per heavy atom. The van der Waals surface area contributed by atoms with E-state index in [1.54, 1.807) is 11.3 Å². The minimum atomic E-state index is 0.699. The first-order chi connectivity index (χ1) is 9.19. The Kier molecular flexibility index (Phi) is 5.02. The number of thiazole rings is 1. The Labute approximate surface area is 119 Å². The SMILES string of the molecule is CCOc1ccc2nc(NCCCC(C)C)sc2c1. The van der Waals surface area contributed by atoms with Crippen molar-refractivity contribution in [1.29, 1.82) is 0 Å². The van der Waals surface area contributed by atoms with Gasteiger partial charge in [-0.15, -0.1) is 0 Å². The summed E-state index contributed by atoms with van der Waals surface area (Å²) in [4.78, 5) is 4.58. The standard InChI is InChI=1S/C15H22N2OS/c1-4-18-12-7-8-13-14(10-12)19-15(17-13)16-9-5-6-11(2)3/h7-8,10-11H,4-6,9H2,1-3H3,(H,16,17). The van der Waals surface area contributed by atoms with Crippen molar-refractivity contribution in [1.82, 2.24) is 4.98 Å². The second-order valence-corrected chi connectivity index (χ2v) is 6.08. The highest BCUT2D eigenvalue weighted by Gasteiger charge is 2.05. The Morgan fingerprint density at radius 2 is 2.21 bits per heavy atom. The van der Waals surface area contributed by atoms with E-state index in [2.05, 4.69) is 30.2 Å². The van der Waals surface area contributed by atoms with Crippen molar-refractivity contribution >= 4 is 26.7 Å². The number of nitrogens with zero attached hydrogens (tertiary/aromatic N) is 1. The summed E-state index contributed by atoms with van der Waals surface area (Å²) < 4.78 is 6.68. The molecule has 4 heteroatoms. The highest BCUT2D eigenvalue weighted by atomic mass is 32.1. The molecule has 0 aliphatic carbocycles. The molecule has 0 radical (unpaired) electrons. The van der Waals surface area contributed by atoms with Crippen LogP contribution in [0.25, 0.3) is 10.2 Å². The molecule has 0 fully saturated rings. The minimum Gasteiger partial charge on any atom is -0.494 e. The molecule has 1 aromatic heterocycles. The molecule has 0 aliphatic heterocycles. The smallest absolute Gasteiger partial charge is 0.183 e. The van der Waals surface area contributed by atoms with Crippen LogP contribution >= 0.6 is 11.3 Å². The number of hydrogen-bond donors (Lipinski definition) is 1. The molecule has 0 atom stereocenters. The number of ether oxygens (including phenoxy) is 1. The second kappa shape index (κ2) is 6.75. The Morgan fingerprint density at radius 3 is 2.95 bits per heavy atom. The molecule has 0 saturated heterocycles. The molecule has 2 aromatic rings. The summed E-state index contributed by atoms with van der Waals surface area (Å²) >= 11 is 1.69. The van der Waals surface area contributed by atoms with E-state index in [0.717, 1.165) is 28.9 Å². The fourth-order valence-electron chi connectivity index (χ4n) is 1.94. The predicted molar refractivity (Wildman–Crippen MR) is 83.4 cm³/mol. The van der Waals surface area contributed by atoms with E-state index in [0.29, 0.717) is 6.61 Å². The molecular weight excluding hydrogens is 256 g/mol. The van der Waals surface area contributed by atoms with Crippen molar-refractivity contribution in [2.24, 2.45) is 5.92 Å². The lowest BCUT2D eigenvalue weighted by Gasteiger charge is -2.04. The molecule has 0 spiro atoms. The third-order valence-corrected chi connectivity index (χ3v) is 3.88. The van der Waals surface area contributed by atoms with Gasteiger partial charge in [0.1, 0.15) is 5.75 Å². The second-order valence-electron chi connectivity index (χ2n) is 5.04. The van der Waals surface area contributed by atoms with E-state index in [4.69, 9.17) is 4.74 Å². The maximum absolute atomic E-state index is 5.51.